The van der Waals surface area contributed by atoms with Crippen LogP contribution < -0.4 is 10.9 Å². The third-order valence-corrected chi connectivity index (χ3v) is 4.80. The minimum Gasteiger partial charge on any atom is -0.406 e. The highest BCUT2D eigenvalue weighted by molar-refractivity contribution is 7.16. The monoisotopic (exact) mass is 374 g/mol. The number of carbonyl (C=O) groups is 1. The van der Waals surface area contributed by atoms with Crippen LogP contribution in [0.4, 0.5) is 0 Å². The van der Waals surface area contributed by atoms with Gasteiger partial charge in [-0.25, -0.2) is 9.78 Å². The van der Waals surface area contributed by atoms with Gasteiger partial charge in [0.1, 0.15) is 10.9 Å². The Hall–Kier alpha value is -2.44. The van der Waals surface area contributed by atoms with Crippen molar-refractivity contribution in [3.8, 4) is 0 Å². The van der Waals surface area contributed by atoms with E-state index in [1.165, 1.54) is 17.4 Å². The number of halogens is 1. The van der Waals surface area contributed by atoms with E-state index in [-0.39, 0.29) is 11.8 Å². The fourth-order valence-corrected chi connectivity index (χ4v) is 3.43. The van der Waals surface area contributed by atoms with Crippen LogP contribution in [0.25, 0.3) is 16.3 Å². The molecule has 0 fully saturated rings. The number of thiophene rings is 1. The number of hydrogen-bond acceptors (Lipinski definition) is 5. The van der Waals surface area contributed by atoms with Gasteiger partial charge < -0.3 is 9.73 Å². The van der Waals surface area contributed by atoms with Gasteiger partial charge in [-0.05, 0) is 48.6 Å². The zero-order valence-electron chi connectivity index (χ0n) is 13.6. The van der Waals surface area contributed by atoms with Crippen molar-refractivity contribution >= 4 is 45.1 Å². The summed E-state index contributed by atoms with van der Waals surface area (Å²) in [5, 5.41) is 5.68. The van der Waals surface area contributed by atoms with E-state index in [0.29, 0.717) is 15.2 Å². The molecule has 0 saturated carbocycles. The summed E-state index contributed by atoms with van der Waals surface area (Å²) in [5.41, 5.74) is 1.22. The average molecular weight is 375 g/mol. The first-order valence-electron chi connectivity index (χ1n) is 7.57. The van der Waals surface area contributed by atoms with E-state index in [4.69, 9.17) is 16.0 Å². The molecule has 0 spiro atoms. The molecule has 0 bridgehead atoms. The van der Waals surface area contributed by atoms with Crippen LogP contribution in [0.1, 0.15) is 30.0 Å². The van der Waals surface area contributed by atoms with E-state index in [2.05, 4.69) is 10.3 Å². The van der Waals surface area contributed by atoms with Gasteiger partial charge in [0, 0.05) is 11.1 Å². The van der Waals surface area contributed by atoms with Crippen molar-refractivity contribution in [2.24, 2.45) is 0 Å². The maximum Gasteiger partial charge on any atom is 0.348 e. The lowest BCUT2D eigenvalue weighted by Gasteiger charge is -2.10. The number of amides is 1. The van der Waals surface area contributed by atoms with E-state index in [0.717, 1.165) is 11.1 Å². The zero-order chi connectivity index (χ0) is 18.0. The van der Waals surface area contributed by atoms with E-state index < -0.39 is 11.7 Å². The fraction of sp³-hybridized carbons (Fsp3) is 0.167. The Labute approximate surface area is 153 Å². The maximum atomic E-state index is 12.1. The number of hydrogen-bond donors (Lipinski definition) is 1. The van der Waals surface area contributed by atoms with E-state index >= 15 is 0 Å². The smallest absolute Gasteiger partial charge is 0.348 e. The molecule has 0 saturated heterocycles. The lowest BCUT2D eigenvalue weighted by molar-refractivity contribution is -0.117. The molecule has 3 aromatic rings. The summed E-state index contributed by atoms with van der Waals surface area (Å²) in [6.45, 7) is 3.55. The van der Waals surface area contributed by atoms with Crippen molar-refractivity contribution in [3.63, 3.8) is 0 Å². The topological polar surface area (TPSA) is 72.2 Å². The van der Waals surface area contributed by atoms with Crippen molar-refractivity contribution in [1.29, 1.82) is 0 Å². The number of carbonyl (C=O) groups excluding carboxylic acids is 1. The number of nitrogens with one attached hydrogen (secondary N) is 1. The zero-order valence-corrected chi connectivity index (χ0v) is 15.1. The molecule has 0 radical (unpaired) electrons. The molecular weight excluding hydrogens is 360 g/mol. The third kappa shape index (κ3) is 3.97. The second-order valence-electron chi connectivity index (χ2n) is 5.56. The van der Waals surface area contributed by atoms with Crippen LogP contribution in [0.2, 0.25) is 5.02 Å². The first-order valence-corrected chi connectivity index (χ1v) is 8.83. The van der Waals surface area contributed by atoms with E-state index in [1.807, 2.05) is 18.4 Å². The predicted octanol–water partition coefficient (Wildman–Crippen LogP) is 4.10. The van der Waals surface area contributed by atoms with Crippen LogP contribution in [0.15, 0.2) is 44.9 Å². The molecule has 5 nitrogen and oxygen atoms in total. The molecule has 1 aromatic carbocycles. The average Bonchev–Trinajstić information content (AvgIpc) is 2.94. The second-order valence-corrected chi connectivity index (χ2v) is 6.85. The fourth-order valence-electron chi connectivity index (χ4n) is 2.32. The maximum absolute atomic E-state index is 12.1. The van der Waals surface area contributed by atoms with Crippen molar-refractivity contribution < 1.29 is 9.21 Å². The van der Waals surface area contributed by atoms with Gasteiger partial charge in [0.2, 0.25) is 11.8 Å². The Morgan fingerprint density at radius 3 is 3.00 bits per heavy atom. The minimum atomic E-state index is -0.531. The summed E-state index contributed by atoms with van der Waals surface area (Å²) in [6.07, 6.45) is 3.05. The van der Waals surface area contributed by atoms with Crippen molar-refractivity contribution in [1.82, 2.24) is 10.3 Å². The Kier molecular flexibility index (Phi) is 5.01. The Balaban J connectivity index is 1.74. The Morgan fingerprint density at radius 2 is 2.24 bits per heavy atom. The molecule has 0 aliphatic carbocycles. The molecule has 1 unspecified atom stereocenters. The standard InChI is InChI=1S/C18H15ClN2O3S/c1-10-9-25-17-15(10)18(23)24-16(21-17)11(2)20-14(22)7-6-12-4-3-5-13(19)8-12/h3-9,11H,1-2H3,(H,20,22)/b7-6+. The highest BCUT2D eigenvalue weighted by Gasteiger charge is 2.16. The van der Waals surface area contributed by atoms with Crippen molar-refractivity contribution in [2.45, 2.75) is 19.9 Å². The lowest BCUT2D eigenvalue weighted by Crippen LogP contribution is -2.26. The van der Waals surface area contributed by atoms with Gasteiger partial charge in [0.15, 0.2) is 0 Å². The Morgan fingerprint density at radius 1 is 1.44 bits per heavy atom. The SMILES string of the molecule is Cc1csc2nc(C(C)NC(=O)/C=C/c3cccc(Cl)c3)oc(=O)c12. The normalized spacial score (nSPS) is 12.6. The van der Waals surface area contributed by atoms with E-state index in [1.54, 1.807) is 31.2 Å². The molecule has 2 heterocycles. The van der Waals surface area contributed by atoms with Gasteiger partial charge in [-0.2, -0.15) is 0 Å². The highest BCUT2D eigenvalue weighted by Crippen LogP contribution is 2.22. The molecule has 2 aromatic heterocycles. The molecule has 128 valence electrons. The van der Waals surface area contributed by atoms with Crippen molar-refractivity contribution in [3.05, 3.63) is 68.2 Å². The summed E-state index contributed by atoms with van der Waals surface area (Å²) in [6, 6.07) is 6.63. The number of aromatic nitrogens is 1. The van der Waals surface area contributed by atoms with Gasteiger partial charge in [-0.3, -0.25) is 4.79 Å². The van der Waals surface area contributed by atoms with Gasteiger partial charge >= 0.3 is 5.63 Å². The molecule has 0 aliphatic rings. The first kappa shape index (κ1) is 17.4. The van der Waals surface area contributed by atoms with Crippen LogP contribution in [0, 0.1) is 6.92 Å². The van der Waals surface area contributed by atoms with Crippen LogP contribution in [-0.2, 0) is 4.79 Å². The molecule has 1 amide bonds. The Bertz CT molecular complexity index is 1020. The van der Waals surface area contributed by atoms with Gasteiger partial charge in [-0.1, -0.05) is 23.7 Å². The predicted molar refractivity (Wildman–Crippen MR) is 99.9 cm³/mol. The van der Waals surface area contributed by atoms with Gasteiger partial charge in [0.05, 0.1) is 5.39 Å². The second kappa shape index (κ2) is 7.21. The van der Waals surface area contributed by atoms with Gasteiger partial charge in [0.25, 0.3) is 0 Å². The summed E-state index contributed by atoms with van der Waals surface area (Å²) in [7, 11) is 0. The quantitative estimate of drug-likeness (QED) is 0.698. The molecular formula is C18H15ClN2O3S. The molecule has 25 heavy (non-hydrogen) atoms. The number of nitrogens with zero attached hydrogens (tertiary/aromatic N) is 1. The summed E-state index contributed by atoms with van der Waals surface area (Å²) < 4.78 is 5.25. The molecule has 1 N–H and O–H groups in total. The molecule has 0 aliphatic heterocycles. The number of benzene rings is 1. The molecule has 1 atom stereocenters. The molecule has 3 rings (SSSR count). The minimum absolute atomic E-state index is 0.184. The summed E-state index contributed by atoms with van der Waals surface area (Å²) in [4.78, 5) is 29.1. The molecule has 7 heteroatoms. The first-order chi connectivity index (χ1) is 11.9. The number of fused-ring (bicyclic) bond motifs is 1. The summed E-state index contributed by atoms with van der Waals surface area (Å²) >= 11 is 7.28. The van der Waals surface area contributed by atoms with Crippen molar-refractivity contribution in [2.75, 3.05) is 0 Å². The largest absolute Gasteiger partial charge is 0.406 e. The van der Waals surface area contributed by atoms with Crippen LogP contribution in [0.3, 0.4) is 0 Å². The number of aryl methyl sites for hydroxylation is 1. The van der Waals surface area contributed by atoms with Gasteiger partial charge in [-0.15, -0.1) is 11.3 Å². The lowest BCUT2D eigenvalue weighted by atomic mass is 10.2. The van der Waals surface area contributed by atoms with Crippen LogP contribution >= 0.6 is 22.9 Å². The van der Waals surface area contributed by atoms with Crippen LogP contribution in [0.5, 0.6) is 0 Å². The third-order valence-electron chi connectivity index (χ3n) is 3.57. The summed E-state index contributed by atoms with van der Waals surface area (Å²) in [5.74, 6) is -0.136. The van der Waals surface area contributed by atoms with E-state index in [9.17, 15) is 9.59 Å². The van der Waals surface area contributed by atoms with Crippen LogP contribution in [-0.4, -0.2) is 10.9 Å². The number of rotatable bonds is 4. The highest BCUT2D eigenvalue weighted by atomic mass is 35.5.